The Bertz CT molecular complexity index is 1240. The van der Waals surface area contributed by atoms with Crippen LogP contribution in [0.15, 0.2) is 48.5 Å². The maximum Gasteiger partial charge on any atom is 0.325 e. The van der Waals surface area contributed by atoms with Crippen molar-refractivity contribution < 1.29 is 32.7 Å². The number of hydrogen-bond donors (Lipinski definition) is 1. The second-order valence-electron chi connectivity index (χ2n) is 11.0. The van der Waals surface area contributed by atoms with Gasteiger partial charge in [0.2, 0.25) is 5.92 Å². The number of rotatable bonds is 7. The highest BCUT2D eigenvalue weighted by Gasteiger charge is 2.55. The number of carbonyl (C=O) groups is 4. The van der Waals surface area contributed by atoms with Crippen molar-refractivity contribution in [3.63, 3.8) is 0 Å². The summed E-state index contributed by atoms with van der Waals surface area (Å²) < 4.78 is 32.6. The molecule has 0 atom stereocenters. The van der Waals surface area contributed by atoms with E-state index in [1.807, 2.05) is 45.0 Å². The molecular formula is C29H32F2N2O5. The average Bonchev–Trinajstić information content (AvgIpc) is 3.08. The summed E-state index contributed by atoms with van der Waals surface area (Å²) in [5.74, 6) is -4.19. The van der Waals surface area contributed by atoms with E-state index in [-0.39, 0.29) is 25.2 Å². The average molecular weight is 527 g/mol. The van der Waals surface area contributed by atoms with E-state index in [2.05, 4.69) is 5.32 Å². The number of amides is 3. The SMILES string of the molecule is CC(C)(C)OC(=O)CCc1ccccc1-c1ccc(C(=O)CN2C(=O)NC3(CCC(F)(F)CC3)C2=O)cc1. The van der Waals surface area contributed by atoms with E-state index < -0.39 is 54.2 Å². The molecule has 7 nitrogen and oxygen atoms in total. The molecule has 202 valence electrons. The minimum atomic E-state index is -2.85. The Hall–Kier alpha value is -3.62. The van der Waals surface area contributed by atoms with Gasteiger partial charge in [0.1, 0.15) is 11.1 Å². The molecule has 0 unspecified atom stereocenters. The van der Waals surface area contributed by atoms with Crippen LogP contribution in [0.5, 0.6) is 0 Å². The van der Waals surface area contributed by atoms with Gasteiger partial charge in [-0.1, -0.05) is 48.5 Å². The van der Waals surface area contributed by atoms with Crippen molar-refractivity contribution in [3.8, 4) is 11.1 Å². The predicted molar refractivity (Wildman–Crippen MR) is 137 cm³/mol. The van der Waals surface area contributed by atoms with Gasteiger partial charge in [0.05, 0.1) is 6.54 Å². The van der Waals surface area contributed by atoms with Gasteiger partial charge in [-0.2, -0.15) is 0 Å². The lowest BCUT2D eigenvalue weighted by Gasteiger charge is -2.34. The Balaban J connectivity index is 1.42. The Morgan fingerprint density at radius 2 is 1.61 bits per heavy atom. The van der Waals surface area contributed by atoms with Crippen LogP contribution in [-0.4, -0.2) is 52.2 Å². The molecule has 2 aliphatic rings. The summed E-state index contributed by atoms with van der Waals surface area (Å²) in [6.07, 6.45) is -0.556. The molecule has 1 spiro atoms. The van der Waals surface area contributed by atoms with E-state index in [1.54, 1.807) is 24.3 Å². The van der Waals surface area contributed by atoms with E-state index in [0.29, 0.717) is 12.0 Å². The van der Waals surface area contributed by atoms with Crippen molar-refractivity contribution in [2.24, 2.45) is 0 Å². The molecule has 0 bridgehead atoms. The van der Waals surface area contributed by atoms with E-state index >= 15 is 0 Å². The number of alkyl halides is 2. The summed E-state index contributed by atoms with van der Waals surface area (Å²) in [6.45, 7) is 5.00. The molecule has 4 rings (SSSR count). The van der Waals surface area contributed by atoms with Crippen molar-refractivity contribution in [2.45, 2.75) is 76.4 Å². The largest absolute Gasteiger partial charge is 0.460 e. The van der Waals surface area contributed by atoms with Crippen molar-refractivity contribution in [1.82, 2.24) is 10.2 Å². The van der Waals surface area contributed by atoms with Gasteiger partial charge in [-0.05, 0) is 56.7 Å². The summed E-state index contributed by atoms with van der Waals surface area (Å²) in [7, 11) is 0. The predicted octanol–water partition coefficient (Wildman–Crippen LogP) is 5.31. The van der Waals surface area contributed by atoms with Crippen LogP contribution in [0.3, 0.4) is 0 Å². The van der Waals surface area contributed by atoms with Crippen LogP contribution in [-0.2, 0) is 20.7 Å². The molecule has 1 saturated carbocycles. The number of imide groups is 1. The molecular weight excluding hydrogens is 494 g/mol. The van der Waals surface area contributed by atoms with Crippen LogP contribution < -0.4 is 5.32 Å². The van der Waals surface area contributed by atoms with Gasteiger partial charge in [-0.3, -0.25) is 19.3 Å². The maximum absolute atomic E-state index is 13.6. The second-order valence-corrected chi connectivity index (χ2v) is 11.0. The first-order valence-electron chi connectivity index (χ1n) is 12.7. The van der Waals surface area contributed by atoms with E-state index in [9.17, 15) is 28.0 Å². The topological polar surface area (TPSA) is 92.8 Å². The second kappa shape index (κ2) is 10.3. The van der Waals surface area contributed by atoms with Crippen molar-refractivity contribution in [1.29, 1.82) is 0 Å². The zero-order valence-corrected chi connectivity index (χ0v) is 21.8. The highest BCUT2D eigenvalue weighted by atomic mass is 19.3. The number of halogens is 2. The number of carbonyl (C=O) groups excluding carboxylic acids is 4. The van der Waals surface area contributed by atoms with Crippen LogP contribution in [0, 0.1) is 0 Å². The van der Waals surface area contributed by atoms with Gasteiger partial charge in [0.15, 0.2) is 5.78 Å². The summed E-state index contributed by atoms with van der Waals surface area (Å²) in [5, 5.41) is 2.55. The van der Waals surface area contributed by atoms with Gasteiger partial charge in [0, 0.05) is 24.8 Å². The molecule has 1 heterocycles. The van der Waals surface area contributed by atoms with E-state index in [0.717, 1.165) is 21.6 Å². The fraction of sp³-hybridized carbons (Fsp3) is 0.448. The summed E-state index contributed by atoms with van der Waals surface area (Å²) >= 11 is 0. The summed E-state index contributed by atoms with van der Waals surface area (Å²) in [4.78, 5) is 51.3. The van der Waals surface area contributed by atoms with Crippen molar-refractivity contribution in [2.75, 3.05) is 6.54 Å². The Labute approximate surface area is 220 Å². The number of benzene rings is 2. The molecule has 3 amide bonds. The van der Waals surface area contributed by atoms with Gasteiger partial charge < -0.3 is 10.1 Å². The van der Waals surface area contributed by atoms with Crippen LogP contribution in [0.2, 0.25) is 0 Å². The lowest BCUT2D eigenvalue weighted by atomic mass is 9.80. The minimum absolute atomic E-state index is 0.155. The molecule has 1 aliphatic heterocycles. The van der Waals surface area contributed by atoms with Crippen LogP contribution in [0.4, 0.5) is 13.6 Å². The third kappa shape index (κ3) is 6.09. The lowest BCUT2D eigenvalue weighted by Crippen LogP contribution is -2.51. The maximum atomic E-state index is 13.6. The summed E-state index contributed by atoms with van der Waals surface area (Å²) in [5.41, 5.74) is 1.13. The standard InChI is InChI=1S/C29H32F2N2O5/c1-27(2,3)38-24(35)13-12-19-6-4-5-7-22(19)20-8-10-21(11-9-20)23(34)18-33-25(36)28(32-26(33)37)14-16-29(30,31)17-15-28/h4-11H,12-18H2,1-3H3,(H,32,37). The molecule has 38 heavy (non-hydrogen) atoms. The molecule has 2 fully saturated rings. The molecule has 2 aromatic rings. The Morgan fingerprint density at radius 3 is 2.24 bits per heavy atom. The van der Waals surface area contributed by atoms with Crippen molar-refractivity contribution >= 4 is 23.7 Å². The number of ketones is 1. The number of Topliss-reactive ketones (excluding diaryl/α,β-unsaturated/α-hetero) is 1. The molecule has 0 radical (unpaired) electrons. The Kier molecular flexibility index (Phi) is 7.41. The number of urea groups is 1. The number of nitrogens with one attached hydrogen (secondary N) is 1. The molecule has 2 aromatic carbocycles. The molecule has 9 heteroatoms. The number of ether oxygens (including phenoxy) is 1. The molecule has 0 aromatic heterocycles. The van der Waals surface area contributed by atoms with Crippen LogP contribution >= 0.6 is 0 Å². The minimum Gasteiger partial charge on any atom is -0.460 e. The number of esters is 1. The monoisotopic (exact) mass is 526 g/mol. The van der Waals surface area contributed by atoms with E-state index in [4.69, 9.17) is 4.74 Å². The first kappa shape index (κ1) is 27.4. The Morgan fingerprint density at radius 1 is 0.974 bits per heavy atom. The van der Waals surface area contributed by atoms with Gasteiger partial charge in [-0.15, -0.1) is 0 Å². The van der Waals surface area contributed by atoms with E-state index in [1.165, 1.54) is 0 Å². The highest BCUT2D eigenvalue weighted by molar-refractivity contribution is 6.11. The number of hydrogen-bond acceptors (Lipinski definition) is 5. The van der Waals surface area contributed by atoms with Crippen LogP contribution in [0.25, 0.3) is 11.1 Å². The molecule has 1 saturated heterocycles. The zero-order chi connectivity index (χ0) is 27.7. The quantitative estimate of drug-likeness (QED) is 0.300. The fourth-order valence-corrected chi connectivity index (χ4v) is 4.92. The third-order valence-corrected chi connectivity index (χ3v) is 6.94. The highest BCUT2D eigenvalue weighted by Crippen LogP contribution is 2.41. The zero-order valence-electron chi connectivity index (χ0n) is 21.8. The van der Waals surface area contributed by atoms with Crippen molar-refractivity contribution in [3.05, 3.63) is 59.7 Å². The normalized spacial score (nSPS) is 18.4. The number of nitrogens with zero attached hydrogens (tertiary/aromatic N) is 1. The van der Waals surface area contributed by atoms with Crippen LogP contribution in [0.1, 0.15) is 68.8 Å². The number of aryl methyl sites for hydroxylation is 1. The van der Waals surface area contributed by atoms with Gasteiger partial charge >= 0.3 is 12.0 Å². The molecule has 1 aliphatic carbocycles. The smallest absolute Gasteiger partial charge is 0.325 e. The van der Waals surface area contributed by atoms with Gasteiger partial charge in [-0.25, -0.2) is 13.6 Å². The lowest BCUT2D eigenvalue weighted by molar-refractivity contribution is -0.154. The fourth-order valence-electron chi connectivity index (χ4n) is 4.92. The van der Waals surface area contributed by atoms with Gasteiger partial charge in [0.25, 0.3) is 5.91 Å². The summed E-state index contributed by atoms with van der Waals surface area (Å²) in [6, 6.07) is 13.7. The first-order valence-corrected chi connectivity index (χ1v) is 12.7. The third-order valence-electron chi connectivity index (χ3n) is 6.94. The molecule has 1 N–H and O–H groups in total. The first-order chi connectivity index (χ1) is 17.8.